The van der Waals surface area contributed by atoms with Crippen molar-refractivity contribution in [2.45, 2.75) is 37.9 Å². The smallest absolute Gasteiger partial charge is 0.234 e. The fourth-order valence-electron chi connectivity index (χ4n) is 3.35. The number of amides is 1. The Labute approximate surface area is 212 Å². The minimum absolute atomic E-state index is 0.0549. The summed E-state index contributed by atoms with van der Waals surface area (Å²) >= 11 is 13.6. The SMILES string of the molecule is CC(C)(C)c1ccc(-c2nnc(SCC(=O)Nc3c(Cl)cccc3Cl)n2Cc2ccco2)cc1. The van der Waals surface area contributed by atoms with Crippen LogP contribution < -0.4 is 5.32 Å². The number of aromatic nitrogens is 3. The summed E-state index contributed by atoms with van der Waals surface area (Å²) in [4.78, 5) is 12.6. The van der Waals surface area contributed by atoms with Crippen LogP contribution in [-0.4, -0.2) is 26.4 Å². The predicted octanol–water partition coefficient (Wildman–Crippen LogP) is 6.92. The Morgan fingerprint density at radius 2 is 1.74 bits per heavy atom. The highest BCUT2D eigenvalue weighted by Gasteiger charge is 2.19. The second-order valence-electron chi connectivity index (χ2n) is 8.73. The largest absolute Gasteiger partial charge is 0.467 e. The number of benzene rings is 2. The Morgan fingerprint density at radius 3 is 2.35 bits per heavy atom. The van der Waals surface area contributed by atoms with Gasteiger partial charge in [0.1, 0.15) is 5.76 Å². The first-order valence-corrected chi connectivity index (χ1v) is 12.4. The number of anilines is 1. The van der Waals surface area contributed by atoms with E-state index in [1.54, 1.807) is 24.5 Å². The quantitative estimate of drug-likeness (QED) is 0.271. The molecular formula is C25H24Cl2N4O2S. The standard InChI is InChI=1S/C25H24Cl2N4O2S/c1-25(2,3)17-11-9-16(10-12-17)23-29-30-24(31(23)14-18-6-5-13-33-18)34-15-21(32)28-22-19(26)7-4-8-20(22)27/h4-13H,14-15H2,1-3H3,(H,28,32). The van der Waals surface area contributed by atoms with Gasteiger partial charge in [0.15, 0.2) is 11.0 Å². The van der Waals surface area contributed by atoms with Crippen molar-refractivity contribution in [3.63, 3.8) is 0 Å². The maximum absolute atomic E-state index is 12.6. The predicted molar refractivity (Wildman–Crippen MR) is 138 cm³/mol. The second-order valence-corrected chi connectivity index (χ2v) is 10.5. The summed E-state index contributed by atoms with van der Waals surface area (Å²) in [6.07, 6.45) is 1.63. The number of rotatable bonds is 7. The summed E-state index contributed by atoms with van der Waals surface area (Å²) < 4.78 is 7.50. The molecule has 0 aliphatic rings. The molecule has 1 N–H and O–H groups in total. The number of thioether (sulfide) groups is 1. The second kappa shape index (κ2) is 10.3. The minimum Gasteiger partial charge on any atom is -0.467 e. The minimum atomic E-state index is -0.247. The fourth-order valence-corrected chi connectivity index (χ4v) is 4.58. The lowest BCUT2D eigenvalue weighted by Gasteiger charge is -2.19. The van der Waals surface area contributed by atoms with Gasteiger partial charge in [0.2, 0.25) is 5.91 Å². The fraction of sp³-hybridized carbons (Fsp3) is 0.240. The van der Waals surface area contributed by atoms with Gasteiger partial charge >= 0.3 is 0 Å². The first-order chi connectivity index (χ1) is 16.2. The zero-order valence-electron chi connectivity index (χ0n) is 19.0. The molecule has 0 spiro atoms. The molecule has 4 aromatic rings. The summed E-state index contributed by atoms with van der Waals surface area (Å²) in [7, 11) is 0. The molecule has 34 heavy (non-hydrogen) atoms. The molecule has 0 radical (unpaired) electrons. The van der Waals surface area contributed by atoms with E-state index in [9.17, 15) is 4.79 Å². The number of para-hydroxylation sites is 1. The van der Waals surface area contributed by atoms with Crippen LogP contribution in [0, 0.1) is 0 Å². The van der Waals surface area contributed by atoms with Crippen molar-refractivity contribution in [1.29, 1.82) is 0 Å². The van der Waals surface area contributed by atoms with Crippen LogP contribution in [0.2, 0.25) is 10.0 Å². The topological polar surface area (TPSA) is 73.0 Å². The van der Waals surface area contributed by atoms with Crippen LogP contribution in [0.1, 0.15) is 32.1 Å². The van der Waals surface area contributed by atoms with Crippen LogP contribution in [0.3, 0.4) is 0 Å². The van der Waals surface area contributed by atoms with E-state index in [2.05, 4.69) is 48.4 Å². The molecule has 0 fully saturated rings. The van der Waals surface area contributed by atoms with Gasteiger partial charge in [-0.15, -0.1) is 10.2 Å². The molecule has 0 unspecified atom stereocenters. The van der Waals surface area contributed by atoms with Crippen LogP contribution in [0.5, 0.6) is 0 Å². The zero-order chi connectivity index (χ0) is 24.3. The normalized spacial score (nSPS) is 11.6. The third-order valence-corrected chi connectivity index (χ3v) is 6.78. The summed E-state index contributed by atoms with van der Waals surface area (Å²) in [6, 6.07) is 17.1. The summed E-state index contributed by atoms with van der Waals surface area (Å²) in [5.41, 5.74) is 2.62. The number of nitrogens with one attached hydrogen (secondary N) is 1. The van der Waals surface area contributed by atoms with Gasteiger partial charge in [0.05, 0.1) is 34.3 Å². The molecule has 0 saturated heterocycles. The highest BCUT2D eigenvalue weighted by molar-refractivity contribution is 7.99. The molecule has 1 amide bonds. The molecule has 4 rings (SSSR count). The van der Waals surface area contributed by atoms with Gasteiger partial charge in [-0.25, -0.2) is 0 Å². The van der Waals surface area contributed by atoms with E-state index >= 15 is 0 Å². The molecule has 2 aromatic carbocycles. The van der Waals surface area contributed by atoms with E-state index in [-0.39, 0.29) is 17.1 Å². The molecule has 9 heteroatoms. The molecule has 6 nitrogen and oxygen atoms in total. The van der Waals surface area contributed by atoms with Gasteiger partial charge in [0.25, 0.3) is 0 Å². The van der Waals surface area contributed by atoms with Gasteiger partial charge in [-0.2, -0.15) is 0 Å². The van der Waals surface area contributed by atoms with Crippen LogP contribution in [0.15, 0.2) is 70.4 Å². The van der Waals surface area contributed by atoms with E-state index in [4.69, 9.17) is 27.6 Å². The van der Waals surface area contributed by atoms with E-state index in [0.29, 0.717) is 33.3 Å². The molecule has 0 aliphatic carbocycles. The van der Waals surface area contributed by atoms with Gasteiger partial charge in [-0.3, -0.25) is 9.36 Å². The number of carbonyl (C=O) groups is 1. The Morgan fingerprint density at radius 1 is 1.03 bits per heavy atom. The summed E-state index contributed by atoms with van der Waals surface area (Å²) in [6.45, 7) is 6.97. The van der Waals surface area contributed by atoms with Gasteiger partial charge < -0.3 is 9.73 Å². The number of nitrogens with zero attached hydrogens (tertiary/aromatic N) is 3. The van der Waals surface area contributed by atoms with Crippen molar-refractivity contribution in [2.75, 3.05) is 11.1 Å². The molecule has 2 heterocycles. The van der Waals surface area contributed by atoms with Crippen LogP contribution in [0.25, 0.3) is 11.4 Å². The van der Waals surface area contributed by atoms with Gasteiger partial charge in [-0.1, -0.05) is 86.1 Å². The first-order valence-electron chi connectivity index (χ1n) is 10.7. The van der Waals surface area contributed by atoms with Crippen LogP contribution in [0.4, 0.5) is 5.69 Å². The lowest BCUT2D eigenvalue weighted by atomic mass is 9.87. The zero-order valence-corrected chi connectivity index (χ0v) is 21.3. The summed E-state index contributed by atoms with van der Waals surface area (Å²) in [5, 5.41) is 12.9. The molecule has 176 valence electrons. The maximum Gasteiger partial charge on any atom is 0.234 e. The molecular weight excluding hydrogens is 491 g/mol. The Balaban J connectivity index is 1.56. The molecule has 0 saturated carbocycles. The molecule has 0 atom stereocenters. The first kappa shape index (κ1) is 24.4. The van der Waals surface area contributed by atoms with Crippen molar-refractivity contribution in [1.82, 2.24) is 14.8 Å². The van der Waals surface area contributed by atoms with E-state index < -0.39 is 0 Å². The summed E-state index contributed by atoms with van der Waals surface area (Å²) in [5.74, 6) is 1.33. The van der Waals surface area contributed by atoms with Crippen LogP contribution >= 0.6 is 35.0 Å². The lowest BCUT2D eigenvalue weighted by Crippen LogP contribution is -2.15. The number of carbonyl (C=O) groups excluding carboxylic acids is 1. The van der Waals surface area contributed by atoms with Crippen LogP contribution in [-0.2, 0) is 16.8 Å². The van der Waals surface area contributed by atoms with Gasteiger partial charge in [0, 0.05) is 5.56 Å². The highest BCUT2D eigenvalue weighted by Crippen LogP contribution is 2.31. The van der Waals surface area contributed by atoms with Crippen molar-refractivity contribution in [3.05, 3.63) is 82.2 Å². The Hall–Kier alpha value is -2.74. The van der Waals surface area contributed by atoms with Crippen molar-refractivity contribution in [3.8, 4) is 11.4 Å². The number of halogens is 2. The van der Waals surface area contributed by atoms with Crippen molar-refractivity contribution >= 4 is 46.6 Å². The third-order valence-electron chi connectivity index (χ3n) is 5.18. The van der Waals surface area contributed by atoms with E-state index in [1.165, 1.54) is 17.3 Å². The molecule has 0 aliphatic heterocycles. The van der Waals surface area contributed by atoms with Crippen molar-refractivity contribution in [2.24, 2.45) is 0 Å². The lowest BCUT2D eigenvalue weighted by molar-refractivity contribution is -0.113. The molecule has 0 bridgehead atoms. The average molecular weight is 515 g/mol. The monoisotopic (exact) mass is 514 g/mol. The van der Waals surface area contributed by atoms with Gasteiger partial charge in [-0.05, 0) is 35.2 Å². The highest BCUT2D eigenvalue weighted by atomic mass is 35.5. The van der Waals surface area contributed by atoms with E-state index in [0.717, 1.165) is 11.3 Å². The number of furan rings is 1. The van der Waals surface area contributed by atoms with E-state index in [1.807, 2.05) is 28.8 Å². The number of hydrogen-bond acceptors (Lipinski definition) is 5. The Kier molecular flexibility index (Phi) is 7.36. The molecule has 2 aromatic heterocycles. The number of hydrogen-bond donors (Lipinski definition) is 1. The average Bonchev–Trinajstić information content (AvgIpc) is 3.45. The third kappa shape index (κ3) is 5.66. The Bertz CT molecular complexity index is 1260. The van der Waals surface area contributed by atoms with Crippen molar-refractivity contribution < 1.29 is 9.21 Å². The maximum atomic E-state index is 12.6.